The molecule has 11 heteroatoms. The van der Waals surface area contributed by atoms with E-state index in [1.54, 1.807) is 25.3 Å². The number of halogens is 4. The maximum Gasteiger partial charge on any atom is 0.573 e. The van der Waals surface area contributed by atoms with Crippen molar-refractivity contribution in [3.8, 4) is 5.75 Å². The van der Waals surface area contributed by atoms with E-state index in [0.717, 1.165) is 17.7 Å². The Hall–Kier alpha value is -3.01. The third-order valence-corrected chi connectivity index (χ3v) is 4.23. The molecule has 0 saturated heterocycles. The van der Waals surface area contributed by atoms with Crippen LogP contribution in [0.4, 0.5) is 19.0 Å². The van der Waals surface area contributed by atoms with Gasteiger partial charge in [-0.2, -0.15) is 0 Å². The number of ether oxygens (including phenoxy) is 1. The molecular formula is C20H23ClF3N5O2. The summed E-state index contributed by atoms with van der Waals surface area (Å²) in [5.74, 6) is -0.0544. The number of amides is 1. The average molecular weight is 458 g/mol. The highest BCUT2D eigenvalue weighted by molar-refractivity contribution is 6.32. The van der Waals surface area contributed by atoms with Crippen LogP contribution in [-0.4, -0.2) is 29.8 Å². The lowest BCUT2D eigenvalue weighted by atomic mass is 10.1. The zero-order chi connectivity index (χ0) is 23.2. The summed E-state index contributed by atoms with van der Waals surface area (Å²) < 4.78 is 40.8. The van der Waals surface area contributed by atoms with Gasteiger partial charge in [0.1, 0.15) is 11.6 Å². The topological polar surface area (TPSA) is 102 Å². The Morgan fingerprint density at radius 3 is 2.58 bits per heavy atom. The number of aromatic nitrogens is 1. The van der Waals surface area contributed by atoms with E-state index in [1.165, 1.54) is 6.07 Å². The van der Waals surface area contributed by atoms with Crippen molar-refractivity contribution in [3.05, 3.63) is 52.7 Å². The van der Waals surface area contributed by atoms with Crippen molar-refractivity contribution in [2.45, 2.75) is 33.2 Å². The Labute approximate surface area is 182 Å². The molecule has 1 atom stereocenters. The van der Waals surface area contributed by atoms with E-state index in [4.69, 9.17) is 17.3 Å². The summed E-state index contributed by atoms with van der Waals surface area (Å²) in [6.45, 7) is 6.35. The van der Waals surface area contributed by atoms with Crippen LogP contribution >= 0.6 is 11.6 Å². The highest BCUT2D eigenvalue weighted by atomic mass is 35.5. The second-order valence-corrected chi connectivity index (χ2v) is 7.51. The smallest absolute Gasteiger partial charge is 0.404 e. The van der Waals surface area contributed by atoms with Crippen molar-refractivity contribution >= 4 is 29.3 Å². The summed E-state index contributed by atoms with van der Waals surface area (Å²) in [6, 6.07) is 6.27. The minimum atomic E-state index is -4.88. The predicted octanol–water partition coefficient (Wildman–Crippen LogP) is 4.51. The highest BCUT2D eigenvalue weighted by Crippen LogP contribution is 2.31. The van der Waals surface area contributed by atoms with Crippen molar-refractivity contribution in [2.24, 2.45) is 16.6 Å². The number of hydrogen-bond acceptors (Lipinski definition) is 4. The van der Waals surface area contributed by atoms with E-state index in [9.17, 15) is 18.0 Å². The van der Waals surface area contributed by atoms with E-state index < -0.39 is 24.1 Å². The van der Waals surface area contributed by atoms with Crippen LogP contribution in [0, 0.1) is 5.92 Å². The number of anilines is 1. The number of rotatable bonds is 7. The first-order valence-electron chi connectivity index (χ1n) is 9.33. The number of nitrogens with zero attached hydrogens (tertiary/aromatic N) is 2. The van der Waals surface area contributed by atoms with Crippen LogP contribution in [0.5, 0.6) is 5.75 Å². The minimum absolute atomic E-state index is 0.0869. The molecule has 31 heavy (non-hydrogen) atoms. The average Bonchev–Trinajstić information content (AvgIpc) is 2.67. The Balaban J connectivity index is 2.06. The molecule has 1 amide bonds. The molecule has 0 aliphatic carbocycles. The number of benzene rings is 1. The number of hydrogen-bond donors (Lipinski definition) is 3. The number of guanidine groups is 1. The first-order chi connectivity index (χ1) is 14.4. The summed E-state index contributed by atoms with van der Waals surface area (Å²) >= 11 is 5.80. The molecule has 168 valence electrons. The summed E-state index contributed by atoms with van der Waals surface area (Å²) in [5.41, 5.74) is 6.65. The van der Waals surface area contributed by atoms with Gasteiger partial charge in [-0.05, 0) is 48.7 Å². The van der Waals surface area contributed by atoms with Crippen LogP contribution < -0.4 is 21.1 Å². The number of aliphatic imine (C=N–C) groups is 1. The molecule has 0 spiro atoms. The monoisotopic (exact) mass is 457 g/mol. The molecule has 0 saturated carbocycles. The fourth-order valence-electron chi connectivity index (χ4n) is 2.45. The number of pyridine rings is 1. The van der Waals surface area contributed by atoms with Crippen molar-refractivity contribution in [1.82, 2.24) is 10.3 Å². The van der Waals surface area contributed by atoms with Crippen LogP contribution in [0.3, 0.4) is 0 Å². The third kappa shape index (κ3) is 7.97. The second-order valence-electron chi connectivity index (χ2n) is 7.11. The minimum Gasteiger partial charge on any atom is -0.404 e. The number of carbonyl (C=O) groups is 1. The van der Waals surface area contributed by atoms with E-state index in [0.29, 0.717) is 18.3 Å². The van der Waals surface area contributed by atoms with E-state index in [-0.39, 0.29) is 16.5 Å². The van der Waals surface area contributed by atoms with Gasteiger partial charge in [0.15, 0.2) is 5.96 Å². The summed E-state index contributed by atoms with van der Waals surface area (Å²) in [6.07, 6.45) is -3.33. The molecule has 4 N–H and O–H groups in total. The predicted molar refractivity (Wildman–Crippen MR) is 113 cm³/mol. The van der Waals surface area contributed by atoms with Crippen molar-refractivity contribution in [3.63, 3.8) is 0 Å². The Morgan fingerprint density at radius 1 is 1.26 bits per heavy atom. The molecular weight excluding hydrogens is 435 g/mol. The maximum absolute atomic E-state index is 12.5. The normalized spacial score (nSPS) is 13.1. The Bertz CT molecular complexity index is 951. The molecule has 0 bridgehead atoms. The lowest BCUT2D eigenvalue weighted by Crippen LogP contribution is -2.27. The highest BCUT2D eigenvalue weighted by Gasteiger charge is 2.32. The molecule has 1 aromatic carbocycles. The molecule has 1 aromatic heterocycles. The van der Waals surface area contributed by atoms with Gasteiger partial charge in [-0.15, -0.1) is 13.2 Å². The van der Waals surface area contributed by atoms with Gasteiger partial charge in [-0.25, -0.2) is 4.98 Å². The molecule has 7 nitrogen and oxygen atoms in total. The van der Waals surface area contributed by atoms with Gasteiger partial charge in [-0.3, -0.25) is 9.79 Å². The quantitative estimate of drug-likeness (QED) is 0.419. The first kappa shape index (κ1) is 24.3. The molecule has 2 rings (SSSR count). The number of carbonyl (C=O) groups excluding carboxylic acids is 1. The Kier molecular flexibility index (Phi) is 8.09. The van der Waals surface area contributed by atoms with Gasteiger partial charge in [0.2, 0.25) is 0 Å². The van der Waals surface area contributed by atoms with Gasteiger partial charge >= 0.3 is 6.36 Å². The summed E-state index contributed by atoms with van der Waals surface area (Å²) in [4.78, 5) is 20.9. The maximum atomic E-state index is 12.5. The van der Waals surface area contributed by atoms with Crippen LogP contribution in [-0.2, 0) is 0 Å². The number of nitrogens with two attached hydrogens (primary N) is 1. The molecule has 0 aliphatic heterocycles. The van der Waals surface area contributed by atoms with Crippen LogP contribution in [0.1, 0.15) is 42.7 Å². The molecule has 1 heterocycles. The largest absolute Gasteiger partial charge is 0.573 e. The van der Waals surface area contributed by atoms with Crippen molar-refractivity contribution < 1.29 is 22.7 Å². The van der Waals surface area contributed by atoms with E-state index >= 15 is 0 Å². The Morgan fingerprint density at radius 2 is 1.97 bits per heavy atom. The van der Waals surface area contributed by atoms with E-state index in [1.807, 2.05) is 13.8 Å². The number of alkyl halides is 3. The van der Waals surface area contributed by atoms with Gasteiger partial charge < -0.3 is 21.1 Å². The van der Waals surface area contributed by atoms with Gasteiger partial charge in [-0.1, -0.05) is 25.4 Å². The lowest BCUT2D eigenvalue weighted by Gasteiger charge is -2.16. The third-order valence-electron chi connectivity index (χ3n) is 3.93. The summed E-state index contributed by atoms with van der Waals surface area (Å²) in [5, 5.41) is 5.31. The standard InChI is InChI=1S/C20H23ClF3N5O2/c1-11(2)10-27-19(25)29-17-9-13(6-7-26-17)12(3)28-18(30)14-4-5-16(15(21)8-14)31-20(22,23)24/h4-9,11-12H,10H2,1-3H3,(H,28,30)(H3,25,26,27,29). The van der Waals surface area contributed by atoms with Crippen molar-refractivity contribution in [1.29, 1.82) is 0 Å². The van der Waals surface area contributed by atoms with Gasteiger partial charge in [0.25, 0.3) is 5.91 Å². The second kappa shape index (κ2) is 10.3. The van der Waals surface area contributed by atoms with Gasteiger partial charge in [0.05, 0.1) is 11.1 Å². The molecule has 1 unspecified atom stereocenters. The molecule has 0 radical (unpaired) electrons. The van der Waals surface area contributed by atoms with Crippen LogP contribution in [0.2, 0.25) is 5.02 Å². The zero-order valence-electron chi connectivity index (χ0n) is 17.1. The fourth-order valence-corrected chi connectivity index (χ4v) is 2.67. The van der Waals surface area contributed by atoms with Crippen molar-refractivity contribution in [2.75, 3.05) is 11.9 Å². The summed E-state index contributed by atoms with van der Waals surface area (Å²) in [7, 11) is 0. The molecule has 0 aliphatic rings. The van der Waals surface area contributed by atoms with Crippen LogP contribution in [0.25, 0.3) is 0 Å². The number of nitrogens with one attached hydrogen (secondary N) is 2. The van der Waals surface area contributed by atoms with E-state index in [2.05, 4.69) is 25.3 Å². The SMILES string of the molecule is CC(C)CN=C(N)Nc1cc(C(C)NC(=O)c2ccc(OC(F)(F)F)c(Cl)c2)ccn1. The first-order valence-corrected chi connectivity index (χ1v) is 9.71. The lowest BCUT2D eigenvalue weighted by molar-refractivity contribution is -0.274. The molecule has 0 fully saturated rings. The van der Waals surface area contributed by atoms with Crippen LogP contribution in [0.15, 0.2) is 41.5 Å². The fraction of sp³-hybridized carbons (Fsp3) is 0.350. The van der Waals surface area contributed by atoms with Gasteiger partial charge in [0, 0.05) is 18.3 Å². The zero-order valence-corrected chi connectivity index (χ0v) is 17.9. The molecule has 2 aromatic rings.